The summed E-state index contributed by atoms with van der Waals surface area (Å²) in [5.74, 6) is 0.620. The summed E-state index contributed by atoms with van der Waals surface area (Å²) in [4.78, 5) is 24.0. The molecule has 1 saturated carbocycles. The van der Waals surface area contributed by atoms with Crippen LogP contribution in [0.5, 0.6) is 0 Å². The molecule has 2 N–H and O–H groups in total. The number of rotatable bonds is 4. The second-order valence-corrected chi connectivity index (χ2v) is 4.95. The number of aromatic amines is 1. The second kappa shape index (κ2) is 4.92. The molecule has 0 aromatic carbocycles. The summed E-state index contributed by atoms with van der Waals surface area (Å²) in [5, 5.41) is 13.3. The fraction of sp³-hybridized carbons (Fsp3) is 0.385. The third kappa shape index (κ3) is 2.47. The third-order valence-electron chi connectivity index (χ3n) is 3.35. The largest absolute Gasteiger partial charge is 0.309 e. The molecule has 2 aromatic rings. The Morgan fingerprint density at radius 3 is 2.90 bits per heavy atom. The van der Waals surface area contributed by atoms with E-state index >= 15 is 0 Å². The minimum Gasteiger partial charge on any atom is -0.309 e. The maximum absolute atomic E-state index is 12.1. The van der Waals surface area contributed by atoms with Crippen LogP contribution in [-0.2, 0) is 4.79 Å². The average Bonchev–Trinajstić information content (AvgIpc) is 3.17. The molecule has 20 heavy (non-hydrogen) atoms. The summed E-state index contributed by atoms with van der Waals surface area (Å²) in [5.41, 5.74) is 0.604. The van der Waals surface area contributed by atoms with Crippen LogP contribution in [0.25, 0.3) is 0 Å². The Balaban J connectivity index is 1.82. The fourth-order valence-corrected chi connectivity index (χ4v) is 1.99. The summed E-state index contributed by atoms with van der Waals surface area (Å²) in [6, 6.07) is 4.18. The van der Waals surface area contributed by atoms with E-state index in [0.717, 1.165) is 18.5 Å². The van der Waals surface area contributed by atoms with Crippen molar-refractivity contribution < 1.29 is 4.79 Å². The summed E-state index contributed by atoms with van der Waals surface area (Å²) in [6.45, 7) is 1.65. The van der Waals surface area contributed by atoms with Crippen molar-refractivity contribution in [3.05, 3.63) is 40.4 Å². The van der Waals surface area contributed by atoms with Gasteiger partial charge in [-0.05, 0) is 25.8 Å². The van der Waals surface area contributed by atoms with Gasteiger partial charge in [-0.25, -0.2) is 4.68 Å². The number of hydrogen-bond donors (Lipinski definition) is 2. The molecule has 1 aliphatic rings. The molecule has 2 aromatic heterocycles. The van der Waals surface area contributed by atoms with Crippen molar-refractivity contribution in [2.45, 2.75) is 31.7 Å². The van der Waals surface area contributed by atoms with Gasteiger partial charge < -0.3 is 5.32 Å². The number of anilines is 1. The lowest BCUT2D eigenvalue weighted by atomic mass is 10.2. The molecule has 0 aliphatic heterocycles. The standard InChI is InChI=1S/C13H15N5O2/c1-8(13(20)15-11-6-7-14-16-11)18-12(19)5-4-10(17-18)9-2-3-9/h4-9H,2-3H2,1H3,(H2,14,15,16,20). The van der Waals surface area contributed by atoms with Crippen LogP contribution >= 0.6 is 0 Å². The molecule has 7 nitrogen and oxygen atoms in total. The lowest BCUT2D eigenvalue weighted by Gasteiger charge is -2.14. The summed E-state index contributed by atoms with van der Waals surface area (Å²) in [7, 11) is 0. The summed E-state index contributed by atoms with van der Waals surface area (Å²) in [6.07, 6.45) is 3.73. The van der Waals surface area contributed by atoms with E-state index in [1.54, 1.807) is 25.3 Å². The van der Waals surface area contributed by atoms with E-state index < -0.39 is 6.04 Å². The van der Waals surface area contributed by atoms with Gasteiger partial charge >= 0.3 is 0 Å². The molecule has 0 saturated heterocycles. The first-order chi connectivity index (χ1) is 9.65. The molecule has 1 amide bonds. The molecule has 0 radical (unpaired) electrons. The molecule has 0 bridgehead atoms. The number of H-pyrrole nitrogens is 1. The van der Waals surface area contributed by atoms with E-state index in [9.17, 15) is 9.59 Å². The lowest BCUT2D eigenvalue weighted by molar-refractivity contribution is -0.119. The number of carbonyl (C=O) groups excluding carboxylic acids is 1. The van der Waals surface area contributed by atoms with Gasteiger partial charge in [-0.15, -0.1) is 0 Å². The zero-order valence-electron chi connectivity index (χ0n) is 11.0. The molecule has 104 valence electrons. The Morgan fingerprint density at radius 2 is 2.25 bits per heavy atom. The molecule has 3 rings (SSSR count). The van der Waals surface area contributed by atoms with Crippen LogP contribution in [0.3, 0.4) is 0 Å². The molecule has 1 fully saturated rings. The quantitative estimate of drug-likeness (QED) is 0.870. The molecule has 1 unspecified atom stereocenters. The maximum atomic E-state index is 12.1. The van der Waals surface area contributed by atoms with Crippen LogP contribution in [0, 0.1) is 0 Å². The predicted molar refractivity (Wildman–Crippen MR) is 72.4 cm³/mol. The van der Waals surface area contributed by atoms with Crippen molar-refractivity contribution >= 4 is 11.7 Å². The molecule has 2 heterocycles. The second-order valence-electron chi connectivity index (χ2n) is 4.95. The molecule has 0 spiro atoms. The van der Waals surface area contributed by atoms with Crippen molar-refractivity contribution in [3.8, 4) is 0 Å². The minimum absolute atomic E-state index is 0.276. The normalized spacial score (nSPS) is 15.8. The Kier molecular flexibility index (Phi) is 3.09. The third-order valence-corrected chi connectivity index (χ3v) is 3.35. The number of aromatic nitrogens is 4. The van der Waals surface area contributed by atoms with Gasteiger partial charge in [0, 0.05) is 18.1 Å². The Hall–Kier alpha value is -2.44. The molecule has 1 aliphatic carbocycles. The van der Waals surface area contributed by atoms with E-state index in [1.165, 1.54) is 10.7 Å². The first-order valence-electron chi connectivity index (χ1n) is 6.55. The average molecular weight is 273 g/mol. The molecule has 1 atom stereocenters. The minimum atomic E-state index is -0.676. The molecule has 7 heteroatoms. The van der Waals surface area contributed by atoms with E-state index in [-0.39, 0.29) is 11.5 Å². The highest BCUT2D eigenvalue weighted by Crippen LogP contribution is 2.38. The Morgan fingerprint density at radius 1 is 1.45 bits per heavy atom. The van der Waals surface area contributed by atoms with Gasteiger partial charge in [0.2, 0.25) is 5.91 Å². The zero-order valence-corrected chi connectivity index (χ0v) is 11.0. The van der Waals surface area contributed by atoms with E-state index in [4.69, 9.17) is 0 Å². The monoisotopic (exact) mass is 273 g/mol. The first-order valence-corrected chi connectivity index (χ1v) is 6.55. The van der Waals surface area contributed by atoms with Gasteiger partial charge in [0.1, 0.15) is 11.9 Å². The van der Waals surface area contributed by atoms with Crippen LogP contribution in [0.2, 0.25) is 0 Å². The van der Waals surface area contributed by atoms with Crippen molar-refractivity contribution in [2.75, 3.05) is 5.32 Å². The van der Waals surface area contributed by atoms with Crippen molar-refractivity contribution in [1.82, 2.24) is 20.0 Å². The SMILES string of the molecule is CC(C(=O)Nc1ccn[nH]1)n1nc(C2CC2)ccc1=O. The van der Waals surface area contributed by atoms with E-state index in [1.807, 2.05) is 0 Å². The highest BCUT2D eigenvalue weighted by molar-refractivity contribution is 5.92. The zero-order chi connectivity index (χ0) is 14.1. The topological polar surface area (TPSA) is 92.7 Å². The number of nitrogens with zero attached hydrogens (tertiary/aromatic N) is 3. The van der Waals surface area contributed by atoms with Gasteiger partial charge in [-0.3, -0.25) is 14.7 Å². The first kappa shape index (κ1) is 12.6. The number of hydrogen-bond acceptors (Lipinski definition) is 4. The van der Waals surface area contributed by atoms with Crippen LogP contribution in [0.4, 0.5) is 5.82 Å². The Labute approximate surface area is 115 Å². The van der Waals surface area contributed by atoms with Crippen LogP contribution in [-0.4, -0.2) is 25.9 Å². The smallest absolute Gasteiger partial charge is 0.267 e. The highest BCUT2D eigenvalue weighted by atomic mass is 16.2. The number of carbonyl (C=O) groups is 1. The molecular formula is C13H15N5O2. The fourth-order valence-electron chi connectivity index (χ4n) is 1.99. The van der Waals surface area contributed by atoms with Crippen molar-refractivity contribution in [2.24, 2.45) is 0 Å². The van der Waals surface area contributed by atoms with E-state index in [0.29, 0.717) is 11.7 Å². The number of amides is 1. The van der Waals surface area contributed by atoms with Gasteiger partial charge in [0.05, 0.1) is 11.9 Å². The van der Waals surface area contributed by atoms with Gasteiger partial charge in [0.25, 0.3) is 5.56 Å². The van der Waals surface area contributed by atoms with Crippen LogP contribution in [0.15, 0.2) is 29.2 Å². The van der Waals surface area contributed by atoms with Gasteiger partial charge in [-0.2, -0.15) is 10.2 Å². The van der Waals surface area contributed by atoms with Gasteiger partial charge in [0.15, 0.2) is 0 Å². The highest BCUT2D eigenvalue weighted by Gasteiger charge is 2.27. The number of nitrogens with one attached hydrogen (secondary N) is 2. The Bertz CT molecular complexity index is 672. The van der Waals surface area contributed by atoms with Crippen LogP contribution < -0.4 is 10.9 Å². The lowest BCUT2D eigenvalue weighted by Crippen LogP contribution is -2.33. The maximum Gasteiger partial charge on any atom is 0.267 e. The summed E-state index contributed by atoms with van der Waals surface area (Å²) < 4.78 is 1.24. The van der Waals surface area contributed by atoms with Crippen molar-refractivity contribution in [1.29, 1.82) is 0 Å². The predicted octanol–water partition coefficient (Wildman–Crippen LogP) is 1.04. The van der Waals surface area contributed by atoms with Crippen LogP contribution in [0.1, 0.15) is 37.4 Å². The van der Waals surface area contributed by atoms with E-state index in [2.05, 4.69) is 20.6 Å². The van der Waals surface area contributed by atoms with Crippen molar-refractivity contribution in [3.63, 3.8) is 0 Å². The van der Waals surface area contributed by atoms with Gasteiger partial charge in [-0.1, -0.05) is 0 Å². The summed E-state index contributed by atoms with van der Waals surface area (Å²) >= 11 is 0. The molecular weight excluding hydrogens is 258 g/mol.